The summed E-state index contributed by atoms with van der Waals surface area (Å²) in [4.78, 5) is 10.8. The van der Waals surface area contributed by atoms with Gasteiger partial charge < -0.3 is 16.4 Å². The van der Waals surface area contributed by atoms with Crippen molar-refractivity contribution in [3.8, 4) is 0 Å². The minimum atomic E-state index is -0.530. The van der Waals surface area contributed by atoms with Crippen molar-refractivity contribution in [1.29, 1.82) is 0 Å². The van der Waals surface area contributed by atoms with E-state index in [2.05, 4.69) is 31.4 Å². The highest BCUT2D eigenvalue weighted by Crippen LogP contribution is 2.36. The monoisotopic (exact) mass is 289 g/mol. The van der Waals surface area contributed by atoms with Crippen molar-refractivity contribution in [3.05, 3.63) is 29.8 Å². The van der Waals surface area contributed by atoms with Crippen LogP contribution in [-0.2, 0) is 0 Å². The molecular formula is C17H27N3O. The first-order chi connectivity index (χ1) is 9.88. The second-order valence-corrected chi connectivity index (χ2v) is 6.79. The molecule has 0 aromatic heterocycles. The van der Waals surface area contributed by atoms with Gasteiger partial charge in [0, 0.05) is 17.8 Å². The molecule has 0 saturated heterocycles. The maximum absolute atomic E-state index is 10.8. The number of rotatable bonds is 4. The highest BCUT2D eigenvalue weighted by Gasteiger charge is 2.32. The van der Waals surface area contributed by atoms with Gasteiger partial charge in [0.15, 0.2) is 0 Å². The first-order valence-corrected chi connectivity index (χ1v) is 7.81. The number of primary amides is 1. The van der Waals surface area contributed by atoms with Crippen molar-refractivity contribution in [2.24, 2.45) is 11.1 Å². The molecule has 0 aliphatic heterocycles. The summed E-state index contributed by atoms with van der Waals surface area (Å²) in [5.74, 6) is 0. The predicted molar refractivity (Wildman–Crippen MR) is 87.2 cm³/mol. The average Bonchev–Trinajstić information content (AvgIpc) is 2.41. The number of hydrogen-bond donors (Lipinski definition) is 3. The van der Waals surface area contributed by atoms with E-state index in [9.17, 15) is 4.79 Å². The topological polar surface area (TPSA) is 67.2 Å². The third kappa shape index (κ3) is 4.21. The molecule has 1 aromatic rings. The summed E-state index contributed by atoms with van der Waals surface area (Å²) in [6.45, 7) is 6.91. The molecule has 0 bridgehead atoms. The molecule has 2 atom stereocenters. The van der Waals surface area contributed by atoms with E-state index in [-0.39, 0.29) is 0 Å². The van der Waals surface area contributed by atoms with E-state index in [1.54, 1.807) is 0 Å². The molecule has 1 aliphatic rings. The molecule has 4 nitrogen and oxygen atoms in total. The van der Waals surface area contributed by atoms with E-state index in [0.29, 0.717) is 17.5 Å². The lowest BCUT2D eigenvalue weighted by Gasteiger charge is -2.41. The molecule has 4 N–H and O–H groups in total. The van der Waals surface area contributed by atoms with Crippen LogP contribution in [0.1, 0.15) is 58.1 Å². The quantitative estimate of drug-likeness (QED) is 0.789. The minimum Gasteiger partial charge on any atom is -0.351 e. The van der Waals surface area contributed by atoms with Gasteiger partial charge in [0.05, 0.1) is 0 Å². The lowest BCUT2D eigenvalue weighted by Crippen LogP contribution is -2.45. The van der Waals surface area contributed by atoms with Crippen molar-refractivity contribution in [2.75, 3.05) is 5.32 Å². The normalized spacial score (nSPS) is 22.5. The number of benzene rings is 1. The van der Waals surface area contributed by atoms with Gasteiger partial charge >= 0.3 is 6.03 Å². The maximum Gasteiger partial charge on any atom is 0.316 e. The number of urea groups is 1. The van der Waals surface area contributed by atoms with Gasteiger partial charge in [0.2, 0.25) is 0 Å². The summed E-state index contributed by atoms with van der Waals surface area (Å²) in [7, 11) is 0. The fourth-order valence-electron chi connectivity index (χ4n) is 3.20. The van der Waals surface area contributed by atoms with E-state index < -0.39 is 6.03 Å². The number of nitrogens with two attached hydrogens (primary N) is 1. The Bertz CT molecular complexity index is 481. The third-order valence-electron chi connectivity index (χ3n) is 4.64. The summed E-state index contributed by atoms with van der Waals surface area (Å²) in [5.41, 5.74) is 7.44. The fourth-order valence-corrected chi connectivity index (χ4v) is 3.20. The molecule has 2 unspecified atom stereocenters. The van der Waals surface area contributed by atoms with Gasteiger partial charge in [0.25, 0.3) is 0 Å². The van der Waals surface area contributed by atoms with Crippen molar-refractivity contribution in [3.63, 3.8) is 0 Å². The SMILES string of the molecule is CC(NC1CCCCC1(C)C)c1ccc(NC(N)=O)cc1. The summed E-state index contributed by atoms with van der Waals surface area (Å²) >= 11 is 0. The summed E-state index contributed by atoms with van der Waals surface area (Å²) in [6.07, 6.45) is 5.19. The third-order valence-corrected chi connectivity index (χ3v) is 4.64. The van der Waals surface area contributed by atoms with Crippen molar-refractivity contribution in [1.82, 2.24) is 5.32 Å². The van der Waals surface area contributed by atoms with Crippen molar-refractivity contribution < 1.29 is 4.79 Å². The molecule has 0 spiro atoms. The minimum absolute atomic E-state index is 0.301. The largest absolute Gasteiger partial charge is 0.351 e. The zero-order valence-electron chi connectivity index (χ0n) is 13.3. The first-order valence-electron chi connectivity index (χ1n) is 7.81. The van der Waals surface area contributed by atoms with Crippen LogP contribution < -0.4 is 16.4 Å². The Labute approximate surface area is 127 Å². The van der Waals surface area contributed by atoms with Crippen LogP contribution in [0.5, 0.6) is 0 Å². The molecule has 0 heterocycles. The van der Waals surface area contributed by atoms with E-state index in [1.165, 1.54) is 31.2 Å². The Hall–Kier alpha value is -1.55. The van der Waals surface area contributed by atoms with Gasteiger partial charge in [0.1, 0.15) is 0 Å². The van der Waals surface area contributed by atoms with Crippen molar-refractivity contribution >= 4 is 11.7 Å². The molecule has 1 aromatic carbocycles. The van der Waals surface area contributed by atoms with E-state index in [0.717, 1.165) is 5.69 Å². The zero-order chi connectivity index (χ0) is 15.5. The molecule has 1 fully saturated rings. The Kier molecular flexibility index (Phi) is 4.88. The second-order valence-electron chi connectivity index (χ2n) is 6.79. The second kappa shape index (κ2) is 6.48. The molecule has 116 valence electrons. The Balaban J connectivity index is 1.99. The van der Waals surface area contributed by atoms with E-state index in [1.807, 2.05) is 24.3 Å². The Morgan fingerprint density at radius 3 is 2.52 bits per heavy atom. The van der Waals surface area contributed by atoms with Crippen LogP contribution in [-0.4, -0.2) is 12.1 Å². The molecule has 1 aliphatic carbocycles. The predicted octanol–water partition coefficient (Wildman–Crippen LogP) is 3.80. The molecule has 0 radical (unpaired) electrons. The van der Waals surface area contributed by atoms with Crippen LogP contribution in [0, 0.1) is 5.41 Å². The number of nitrogens with one attached hydrogen (secondary N) is 2. The van der Waals surface area contributed by atoms with Gasteiger partial charge in [-0.05, 0) is 42.9 Å². The lowest BCUT2D eigenvalue weighted by atomic mass is 9.73. The molecule has 21 heavy (non-hydrogen) atoms. The summed E-state index contributed by atoms with van der Waals surface area (Å²) < 4.78 is 0. The molecular weight excluding hydrogens is 262 g/mol. The van der Waals surface area contributed by atoms with Gasteiger partial charge in [-0.25, -0.2) is 4.79 Å². The standard InChI is InChI=1S/C17H27N3O/c1-12(19-15-6-4-5-11-17(15,2)3)13-7-9-14(10-8-13)20-16(18)21/h7-10,12,15,19H,4-6,11H2,1-3H3,(H3,18,20,21). The van der Waals surface area contributed by atoms with Crippen LogP contribution in [0.25, 0.3) is 0 Å². The Morgan fingerprint density at radius 1 is 1.29 bits per heavy atom. The summed E-state index contributed by atoms with van der Waals surface area (Å²) in [6, 6.07) is 8.20. The number of hydrogen-bond acceptors (Lipinski definition) is 2. The molecule has 4 heteroatoms. The van der Waals surface area contributed by atoms with Gasteiger partial charge in [-0.3, -0.25) is 0 Å². The maximum atomic E-state index is 10.8. The van der Waals surface area contributed by atoms with Crippen LogP contribution >= 0.6 is 0 Å². The Morgan fingerprint density at radius 2 is 1.95 bits per heavy atom. The van der Waals surface area contributed by atoms with Gasteiger partial charge in [-0.15, -0.1) is 0 Å². The zero-order valence-corrected chi connectivity index (χ0v) is 13.3. The lowest BCUT2D eigenvalue weighted by molar-refractivity contribution is 0.157. The average molecular weight is 289 g/mol. The van der Waals surface area contributed by atoms with Crippen LogP contribution in [0.15, 0.2) is 24.3 Å². The molecule has 2 rings (SSSR count). The van der Waals surface area contributed by atoms with Crippen LogP contribution in [0.4, 0.5) is 10.5 Å². The highest BCUT2D eigenvalue weighted by molar-refractivity contribution is 5.87. The molecule has 2 amide bonds. The van der Waals surface area contributed by atoms with Crippen LogP contribution in [0.2, 0.25) is 0 Å². The fraction of sp³-hybridized carbons (Fsp3) is 0.588. The number of amides is 2. The number of carbonyl (C=O) groups is 1. The number of carbonyl (C=O) groups excluding carboxylic acids is 1. The summed E-state index contributed by atoms with van der Waals surface area (Å²) in [5, 5.41) is 6.36. The highest BCUT2D eigenvalue weighted by atomic mass is 16.2. The van der Waals surface area contributed by atoms with E-state index >= 15 is 0 Å². The smallest absolute Gasteiger partial charge is 0.316 e. The van der Waals surface area contributed by atoms with Crippen molar-refractivity contribution in [2.45, 2.75) is 58.5 Å². The number of anilines is 1. The van der Waals surface area contributed by atoms with Crippen LogP contribution in [0.3, 0.4) is 0 Å². The van der Waals surface area contributed by atoms with E-state index in [4.69, 9.17) is 5.73 Å². The molecule has 1 saturated carbocycles. The first kappa shape index (κ1) is 15.8. The van der Waals surface area contributed by atoms with Gasteiger partial charge in [-0.1, -0.05) is 38.8 Å². The van der Waals surface area contributed by atoms with Gasteiger partial charge in [-0.2, -0.15) is 0 Å².